The molecule has 0 aliphatic heterocycles. The van der Waals surface area contributed by atoms with Crippen molar-refractivity contribution in [1.82, 2.24) is 4.98 Å². The van der Waals surface area contributed by atoms with Gasteiger partial charge in [-0.25, -0.2) is 9.18 Å². The maximum Gasteiger partial charge on any atom is 0.346 e. The summed E-state index contributed by atoms with van der Waals surface area (Å²) in [6, 6.07) is 15.9. The SMILES string of the molecule is CCCCCc1ccc(-c2ccc(OC(=O)c3ccc(CCC)cc3F)cc2)nc1. The zero-order valence-electron chi connectivity index (χ0n) is 17.7. The Morgan fingerprint density at radius 3 is 2.30 bits per heavy atom. The van der Waals surface area contributed by atoms with Gasteiger partial charge in [-0.2, -0.15) is 0 Å². The number of halogens is 1. The van der Waals surface area contributed by atoms with Gasteiger partial charge in [0.1, 0.15) is 11.6 Å². The van der Waals surface area contributed by atoms with Crippen LogP contribution in [0, 0.1) is 5.82 Å². The molecule has 3 rings (SSSR count). The number of carbonyl (C=O) groups is 1. The van der Waals surface area contributed by atoms with Gasteiger partial charge in [0.05, 0.1) is 11.3 Å². The topological polar surface area (TPSA) is 39.2 Å². The van der Waals surface area contributed by atoms with Crippen LogP contribution in [0.15, 0.2) is 60.8 Å². The lowest BCUT2D eigenvalue weighted by Gasteiger charge is -2.08. The number of ether oxygens (including phenoxy) is 1. The minimum atomic E-state index is -0.696. The van der Waals surface area contributed by atoms with Gasteiger partial charge in [0.25, 0.3) is 0 Å². The van der Waals surface area contributed by atoms with E-state index < -0.39 is 11.8 Å². The summed E-state index contributed by atoms with van der Waals surface area (Å²) in [5, 5.41) is 0. The van der Waals surface area contributed by atoms with E-state index in [0.717, 1.165) is 36.1 Å². The standard InChI is InChI=1S/C26H28FNO2/c1-3-5-6-8-20-10-16-25(28-18-20)21-11-13-22(14-12-21)30-26(29)23-15-9-19(7-4-2)17-24(23)27/h9-18H,3-8H2,1-2H3. The maximum absolute atomic E-state index is 14.2. The highest BCUT2D eigenvalue weighted by atomic mass is 19.1. The smallest absolute Gasteiger partial charge is 0.346 e. The van der Waals surface area contributed by atoms with Gasteiger partial charge in [-0.05, 0) is 72.9 Å². The first-order valence-corrected chi connectivity index (χ1v) is 10.7. The molecule has 0 atom stereocenters. The number of unbranched alkanes of at least 4 members (excludes halogenated alkanes) is 2. The van der Waals surface area contributed by atoms with Gasteiger partial charge in [-0.3, -0.25) is 4.98 Å². The van der Waals surface area contributed by atoms with E-state index in [1.54, 1.807) is 18.2 Å². The molecule has 0 aliphatic rings. The van der Waals surface area contributed by atoms with Gasteiger partial charge in [0.15, 0.2) is 0 Å². The quantitative estimate of drug-likeness (QED) is 0.223. The van der Waals surface area contributed by atoms with E-state index in [1.807, 2.05) is 31.3 Å². The monoisotopic (exact) mass is 405 g/mol. The Morgan fingerprint density at radius 1 is 0.900 bits per heavy atom. The summed E-state index contributed by atoms with van der Waals surface area (Å²) < 4.78 is 19.6. The summed E-state index contributed by atoms with van der Waals surface area (Å²) in [6.07, 6.45) is 8.29. The van der Waals surface area contributed by atoms with Crippen LogP contribution in [-0.4, -0.2) is 11.0 Å². The molecule has 0 N–H and O–H groups in total. The molecule has 0 saturated carbocycles. The minimum absolute atomic E-state index is 0.0562. The van der Waals surface area contributed by atoms with Crippen LogP contribution >= 0.6 is 0 Å². The van der Waals surface area contributed by atoms with Gasteiger partial charge >= 0.3 is 5.97 Å². The summed E-state index contributed by atoms with van der Waals surface area (Å²) in [6.45, 7) is 4.23. The maximum atomic E-state index is 14.2. The Morgan fingerprint density at radius 2 is 1.67 bits per heavy atom. The van der Waals surface area contributed by atoms with E-state index >= 15 is 0 Å². The van der Waals surface area contributed by atoms with Crippen molar-refractivity contribution in [3.05, 3.63) is 83.3 Å². The van der Waals surface area contributed by atoms with Crippen LogP contribution in [0.25, 0.3) is 11.3 Å². The Bertz CT molecular complexity index is 965. The molecule has 0 spiro atoms. The zero-order chi connectivity index (χ0) is 21.3. The Labute approximate surface area is 177 Å². The fraction of sp³-hybridized carbons (Fsp3) is 0.308. The summed E-state index contributed by atoms with van der Waals surface area (Å²) in [4.78, 5) is 16.9. The predicted octanol–water partition coefficient (Wildman–Crippen LogP) is 6.79. The van der Waals surface area contributed by atoms with Crippen molar-refractivity contribution in [2.75, 3.05) is 0 Å². The normalized spacial score (nSPS) is 10.8. The Balaban J connectivity index is 1.63. The second kappa shape index (κ2) is 10.7. The first-order chi connectivity index (χ1) is 14.6. The van der Waals surface area contributed by atoms with Crippen LogP contribution < -0.4 is 4.74 Å². The highest BCUT2D eigenvalue weighted by molar-refractivity contribution is 5.91. The van der Waals surface area contributed by atoms with Crippen LogP contribution in [0.4, 0.5) is 4.39 Å². The van der Waals surface area contributed by atoms with Crippen LogP contribution in [0.1, 0.15) is 61.0 Å². The second-order valence-corrected chi connectivity index (χ2v) is 7.49. The summed E-state index contributed by atoms with van der Waals surface area (Å²) >= 11 is 0. The average Bonchev–Trinajstić information content (AvgIpc) is 2.75. The predicted molar refractivity (Wildman–Crippen MR) is 118 cm³/mol. The molecule has 0 amide bonds. The molecule has 0 aliphatic carbocycles. The number of carbonyl (C=O) groups excluding carboxylic acids is 1. The van der Waals surface area contributed by atoms with E-state index in [1.165, 1.54) is 37.0 Å². The van der Waals surface area contributed by atoms with E-state index in [2.05, 4.69) is 18.0 Å². The van der Waals surface area contributed by atoms with Gasteiger partial charge in [-0.1, -0.05) is 45.2 Å². The van der Waals surface area contributed by atoms with Crippen LogP contribution in [0.3, 0.4) is 0 Å². The summed E-state index contributed by atoms with van der Waals surface area (Å²) in [5.41, 5.74) is 3.86. The number of esters is 1. The molecule has 0 unspecified atom stereocenters. The highest BCUT2D eigenvalue weighted by Gasteiger charge is 2.15. The van der Waals surface area contributed by atoms with Gasteiger partial charge in [0, 0.05) is 11.8 Å². The number of hydrogen-bond donors (Lipinski definition) is 0. The van der Waals surface area contributed by atoms with Crippen molar-refractivity contribution in [2.45, 2.75) is 52.4 Å². The lowest BCUT2D eigenvalue weighted by Crippen LogP contribution is -2.11. The van der Waals surface area contributed by atoms with Crippen LogP contribution in [0.2, 0.25) is 0 Å². The molecule has 3 nitrogen and oxygen atoms in total. The van der Waals surface area contributed by atoms with Crippen molar-refractivity contribution < 1.29 is 13.9 Å². The lowest BCUT2D eigenvalue weighted by atomic mass is 10.1. The van der Waals surface area contributed by atoms with Crippen molar-refractivity contribution in [2.24, 2.45) is 0 Å². The lowest BCUT2D eigenvalue weighted by molar-refractivity contribution is 0.0730. The number of aryl methyl sites for hydroxylation is 2. The Kier molecular flexibility index (Phi) is 7.72. The van der Waals surface area contributed by atoms with E-state index in [0.29, 0.717) is 5.75 Å². The van der Waals surface area contributed by atoms with Gasteiger partial charge < -0.3 is 4.74 Å². The first kappa shape index (κ1) is 21.7. The molecule has 0 bridgehead atoms. The van der Waals surface area contributed by atoms with Crippen molar-refractivity contribution in [3.63, 3.8) is 0 Å². The molecule has 1 heterocycles. The highest BCUT2D eigenvalue weighted by Crippen LogP contribution is 2.22. The van der Waals surface area contributed by atoms with Crippen LogP contribution in [0.5, 0.6) is 5.75 Å². The number of nitrogens with zero attached hydrogens (tertiary/aromatic N) is 1. The largest absolute Gasteiger partial charge is 0.423 e. The third kappa shape index (κ3) is 5.76. The fourth-order valence-electron chi connectivity index (χ4n) is 3.35. The number of aromatic nitrogens is 1. The van der Waals surface area contributed by atoms with E-state index in [9.17, 15) is 9.18 Å². The van der Waals surface area contributed by atoms with Crippen molar-refractivity contribution >= 4 is 5.97 Å². The first-order valence-electron chi connectivity index (χ1n) is 10.7. The molecule has 4 heteroatoms. The average molecular weight is 406 g/mol. The van der Waals surface area contributed by atoms with E-state index in [-0.39, 0.29) is 5.56 Å². The number of hydrogen-bond acceptors (Lipinski definition) is 3. The number of pyridine rings is 1. The number of rotatable bonds is 9. The van der Waals surface area contributed by atoms with Gasteiger partial charge in [-0.15, -0.1) is 0 Å². The molecular weight excluding hydrogens is 377 g/mol. The molecule has 3 aromatic rings. The third-order valence-electron chi connectivity index (χ3n) is 5.05. The molecule has 156 valence electrons. The molecule has 2 aromatic carbocycles. The third-order valence-corrected chi connectivity index (χ3v) is 5.05. The molecule has 30 heavy (non-hydrogen) atoms. The van der Waals surface area contributed by atoms with Crippen molar-refractivity contribution in [3.8, 4) is 17.0 Å². The molecule has 0 fully saturated rings. The number of benzene rings is 2. The Hall–Kier alpha value is -3.01. The van der Waals surface area contributed by atoms with E-state index in [4.69, 9.17) is 4.74 Å². The fourth-order valence-corrected chi connectivity index (χ4v) is 3.35. The summed E-state index contributed by atoms with van der Waals surface area (Å²) in [7, 11) is 0. The minimum Gasteiger partial charge on any atom is -0.423 e. The van der Waals surface area contributed by atoms with Crippen LogP contribution in [-0.2, 0) is 12.8 Å². The molecule has 0 saturated heterocycles. The zero-order valence-corrected chi connectivity index (χ0v) is 17.7. The molecule has 0 radical (unpaired) electrons. The second-order valence-electron chi connectivity index (χ2n) is 7.49. The molecular formula is C26H28FNO2. The van der Waals surface area contributed by atoms with Gasteiger partial charge in [0.2, 0.25) is 0 Å². The van der Waals surface area contributed by atoms with Crippen molar-refractivity contribution in [1.29, 1.82) is 0 Å². The summed E-state index contributed by atoms with van der Waals surface area (Å²) in [5.74, 6) is -0.874. The molecule has 1 aromatic heterocycles.